The van der Waals surface area contributed by atoms with E-state index in [0.29, 0.717) is 32.5 Å². The molecule has 0 aromatic heterocycles. The van der Waals surface area contributed by atoms with Crippen LogP contribution in [0.1, 0.15) is 24.4 Å². The Morgan fingerprint density at radius 2 is 1.74 bits per heavy atom. The number of hydrogen-bond donors (Lipinski definition) is 1. The van der Waals surface area contributed by atoms with Gasteiger partial charge in [0.25, 0.3) is 0 Å². The number of nitrogens with one attached hydrogen (secondary N) is 1. The lowest BCUT2D eigenvalue weighted by molar-refractivity contribution is -0.126. The second-order valence-electron chi connectivity index (χ2n) is 8.97. The SMILES string of the molecule is CN(C)C(CNC(=O)C1CCN(S(=O)(=O)c2ccc3ccccc3c2)CC1)c1cccc(F)c1. The molecule has 1 aliphatic heterocycles. The van der Waals surface area contributed by atoms with Gasteiger partial charge in [-0.05, 0) is 67.5 Å². The molecule has 1 atom stereocenters. The minimum Gasteiger partial charge on any atom is -0.354 e. The molecule has 0 radical (unpaired) electrons. The fraction of sp³-hybridized carbons (Fsp3) is 0.346. The zero-order valence-electron chi connectivity index (χ0n) is 19.4. The van der Waals surface area contributed by atoms with E-state index >= 15 is 0 Å². The van der Waals surface area contributed by atoms with Gasteiger partial charge in [0.15, 0.2) is 0 Å². The van der Waals surface area contributed by atoms with E-state index in [-0.39, 0.29) is 28.6 Å². The molecule has 4 rings (SSSR count). The first-order chi connectivity index (χ1) is 16.3. The summed E-state index contributed by atoms with van der Waals surface area (Å²) in [7, 11) is 0.153. The Bertz CT molecular complexity index is 1270. The van der Waals surface area contributed by atoms with Crippen molar-refractivity contribution in [3.05, 3.63) is 78.1 Å². The minimum atomic E-state index is -3.62. The van der Waals surface area contributed by atoms with Gasteiger partial charge in [0.1, 0.15) is 5.82 Å². The molecule has 3 aromatic carbocycles. The van der Waals surface area contributed by atoms with Crippen molar-refractivity contribution in [2.75, 3.05) is 33.7 Å². The zero-order valence-corrected chi connectivity index (χ0v) is 20.3. The lowest BCUT2D eigenvalue weighted by atomic mass is 9.97. The minimum absolute atomic E-state index is 0.0917. The van der Waals surface area contributed by atoms with Crippen molar-refractivity contribution in [1.82, 2.24) is 14.5 Å². The normalized spacial score (nSPS) is 16.6. The Morgan fingerprint density at radius 1 is 1.03 bits per heavy atom. The van der Waals surface area contributed by atoms with Crippen LogP contribution in [-0.4, -0.2) is 57.3 Å². The van der Waals surface area contributed by atoms with E-state index in [0.717, 1.165) is 16.3 Å². The summed E-state index contributed by atoms with van der Waals surface area (Å²) >= 11 is 0. The van der Waals surface area contributed by atoms with Gasteiger partial charge in [-0.2, -0.15) is 4.31 Å². The van der Waals surface area contributed by atoms with Crippen LogP contribution in [0.2, 0.25) is 0 Å². The average Bonchev–Trinajstić information content (AvgIpc) is 2.83. The molecular formula is C26H30FN3O3S. The number of carbonyl (C=O) groups excluding carboxylic acids is 1. The van der Waals surface area contributed by atoms with Crippen LogP contribution < -0.4 is 5.32 Å². The van der Waals surface area contributed by atoms with E-state index in [1.54, 1.807) is 18.2 Å². The summed E-state index contributed by atoms with van der Waals surface area (Å²) in [5.41, 5.74) is 0.793. The molecule has 1 unspecified atom stereocenters. The molecule has 180 valence electrons. The summed E-state index contributed by atoms with van der Waals surface area (Å²) in [6, 6.07) is 19.0. The number of carbonyl (C=O) groups is 1. The topological polar surface area (TPSA) is 69.7 Å². The number of nitrogens with zero attached hydrogens (tertiary/aromatic N) is 2. The van der Waals surface area contributed by atoms with Crippen molar-refractivity contribution in [3.8, 4) is 0 Å². The third-order valence-corrected chi connectivity index (χ3v) is 8.40. The molecule has 34 heavy (non-hydrogen) atoms. The van der Waals surface area contributed by atoms with E-state index in [4.69, 9.17) is 0 Å². The molecule has 1 saturated heterocycles. The van der Waals surface area contributed by atoms with Crippen molar-refractivity contribution >= 4 is 26.7 Å². The first-order valence-electron chi connectivity index (χ1n) is 11.4. The second-order valence-corrected chi connectivity index (χ2v) is 10.9. The van der Waals surface area contributed by atoms with Crippen molar-refractivity contribution in [2.24, 2.45) is 5.92 Å². The summed E-state index contributed by atoms with van der Waals surface area (Å²) in [6.45, 7) is 0.952. The van der Waals surface area contributed by atoms with Crippen LogP contribution in [0.5, 0.6) is 0 Å². The molecule has 6 nitrogen and oxygen atoms in total. The standard InChI is InChI=1S/C26H30FN3O3S/c1-29(2)25(22-8-5-9-23(27)16-22)18-28-26(31)20-12-14-30(15-13-20)34(32,33)24-11-10-19-6-3-4-7-21(19)17-24/h3-11,16-17,20,25H,12-15,18H2,1-2H3,(H,28,31). The zero-order chi connectivity index (χ0) is 24.3. The highest BCUT2D eigenvalue weighted by Gasteiger charge is 2.32. The maximum absolute atomic E-state index is 13.7. The summed E-state index contributed by atoms with van der Waals surface area (Å²) in [6.07, 6.45) is 0.927. The Labute approximate surface area is 200 Å². The first kappa shape index (κ1) is 24.3. The van der Waals surface area contributed by atoms with Gasteiger partial charge >= 0.3 is 0 Å². The van der Waals surface area contributed by atoms with Crippen molar-refractivity contribution in [1.29, 1.82) is 0 Å². The quantitative estimate of drug-likeness (QED) is 0.555. The highest BCUT2D eigenvalue weighted by molar-refractivity contribution is 7.89. The smallest absolute Gasteiger partial charge is 0.243 e. The van der Waals surface area contributed by atoms with Crippen LogP contribution >= 0.6 is 0 Å². The van der Waals surface area contributed by atoms with E-state index in [9.17, 15) is 17.6 Å². The van der Waals surface area contributed by atoms with E-state index in [1.807, 2.05) is 55.4 Å². The Morgan fingerprint density at radius 3 is 2.41 bits per heavy atom. The van der Waals surface area contributed by atoms with Crippen LogP contribution in [0, 0.1) is 11.7 Å². The second kappa shape index (κ2) is 10.2. The fourth-order valence-electron chi connectivity index (χ4n) is 4.49. The Hall–Kier alpha value is -2.81. The van der Waals surface area contributed by atoms with Crippen LogP contribution in [0.15, 0.2) is 71.6 Å². The molecule has 0 spiro atoms. The number of hydrogen-bond acceptors (Lipinski definition) is 4. The molecule has 8 heteroatoms. The van der Waals surface area contributed by atoms with Gasteiger partial charge in [-0.25, -0.2) is 12.8 Å². The first-order valence-corrected chi connectivity index (χ1v) is 12.9. The summed E-state index contributed by atoms with van der Waals surface area (Å²) in [4.78, 5) is 15.0. The summed E-state index contributed by atoms with van der Waals surface area (Å²) < 4.78 is 41.5. The number of piperidine rings is 1. The third kappa shape index (κ3) is 5.29. The summed E-state index contributed by atoms with van der Waals surface area (Å²) in [5.74, 6) is -0.653. The number of fused-ring (bicyclic) bond motifs is 1. The number of sulfonamides is 1. The lowest BCUT2D eigenvalue weighted by Crippen LogP contribution is -2.44. The molecule has 0 bridgehead atoms. The van der Waals surface area contributed by atoms with Crippen LogP contribution in [0.4, 0.5) is 4.39 Å². The highest BCUT2D eigenvalue weighted by atomic mass is 32.2. The fourth-order valence-corrected chi connectivity index (χ4v) is 5.99. The van der Waals surface area contributed by atoms with Gasteiger partial charge in [-0.1, -0.05) is 42.5 Å². The molecule has 0 aliphatic carbocycles. The van der Waals surface area contributed by atoms with Crippen LogP contribution in [-0.2, 0) is 14.8 Å². The maximum Gasteiger partial charge on any atom is 0.243 e. The molecule has 0 saturated carbocycles. The molecule has 3 aromatic rings. The maximum atomic E-state index is 13.7. The van der Waals surface area contributed by atoms with E-state index in [2.05, 4.69) is 5.32 Å². The molecule has 1 fully saturated rings. The van der Waals surface area contributed by atoms with Gasteiger partial charge in [0.2, 0.25) is 15.9 Å². The predicted molar refractivity (Wildman–Crippen MR) is 131 cm³/mol. The van der Waals surface area contributed by atoms with Gasteiger partial charge in [0.05, 0.1) is 10.9 Å². The van der Waals surface area contributed by atoms with Crippen LogP contribution in [0.25, 0.3) is 10.8 Å². The predicted octanol–water partition coefficient (Wildman–Crippen LogP) is 3.80. The number of amides is 1. The number of halogens is 1. The molecular weight excluding hydrogens is 453 g/mol. The van der Waals surface area contributed by atoms with Crippen molar-refractivity contribution in [3.63, 3.8) is 0 Å². The summed E-state index contributed by atoms with van der Waals surface area (Å²) in [5, 5.41) is 4.86. The van der Waals surface area contributed by atoms with E-state index < -0.39 is 10.0 Å². The lowest BCUT2D eigenvalue weighted by Gasteiger charge is -2.31. The molecule has 1 heterocycles. The van der Waals surface area contributed by atoms with Crippen molar-refractivity contribution in [2.45, 2.75) is 23.8 Å². The average molecular weight is 484 g/mol. The Kier molecular flexibility index (Phi) is 7.30. The van der Waals surface area contributed by atoms with Gasteiger partial charge in [-0.15, -0.1) is 0 Å². The third-order valence-electron chi connectivity index (χ3n) is 6.51. The van der Waals surface area contributed by atoms with Gasteiger partial charge < -0.3 is 10.2 Å². The number of likely N-dealkylation sites (N-methyl/N-ethyl adjacent to an activating group) is 1. The molecule has 1 aliphatic rings. The highest BCUT2D eigenvalue weighted by Crippen LogP contribution is 2.27. The largest absolute Gasteiger partial charge is 0.354 e. The molecule has 1 N–H and O–H groups in total. The van der Waals surface area contributed by atoms with E-state index in [1.165, 1.54) is 16.4 Å². The van der Waals surface area contributed by atoms with Crippen LogP contribution in [0.3, 0.4) is 0 Å². The Balaban J connectivity index is 1.36. The molecule has 1 amide bonds. The monoisotopic (exact) mass is 483 g/mol. The van der Waals surface area contributed by atoms with Crippen molar-refractivity contribution < 1.29 is 17.6 Å². The van der Waals surface area contributed by atoms with Gasteiger partial charge in [-0.3, -0.25) is 4.79 Å². The number of rotatable bonds is 7. The number of benzene rings is 3. The van der Waals surface area contributed by atoms with Gasteiger partial charge in [0, 0.05) is 25.6 Å².